The Kier molecular flexibility index (Phi) is 3.52. The molecular weight excluding hydrogens is 290 g/mol. The lowest BCUT2D eigenvalue weighted by molar-refractivity contribution is 0.587. The molecule has 2 aromatic rings. The van der Waals surface area contributed by atoms with Gasteiger partial charge in [-0.3, -0.25) is 0 Å². The Balaban J connectivity index is 2.72. The van der Waals surface area contributed by atoms with Crippen LogP contribution in [0.25, 0.3) is 11.1 Å². The van der Waals surface area contributed by atoms with Crippen molar-refractivity contribution in [3.05, 3.63) is 51.2 Å². The van der Waals surface area contributed by atoms with Crippen LogP contribution in [0.2, 0.25) is 15.1 Å². The lowest BCUT2D eigenvalue weighted by Gasteiger charge is -2.08. The van der Waals surface area contributed by atoms with E-state index in [1.165, 1.54) is 6.07 Å². The van der Waals surface area contributed by atoms with Gasteiger partial charge in [0.25, 0.3) is 0 Å². The monoisotopic (exact) mass is 293 g/mol. The molecule has 0 aliphatic carbocycles. The predicted molar refractivity (Wildman–Crippen MR) is 64.6 cm³/mol. The molecule has 0 aliphatic heterocycles. The molecule has 1 heterocycles. The molecule has 0 radical (unpaired) electrons. The summed E-state index contributed by atoms with van der Waals surface area (Å²) in [5.74, 6) is -1.37. The first kappa shape index (κ1) is 12.6. The second kappa shape index (κ2) is 4.77. The van der Waals surface area contributed by atoms with Crippen molar-refractivity contribution in [1.29, 1.82) is 0 Å². The van der Waals surface area contributed by atoms with E-state index in [-0.39, 0.29) is 26.2 Å². The van der Waals surface area contributed by atoms with E-state index in [0.29, 0.717) is 0 Å². The van der Waals surface area contributed by atoms with Crippen molar-refractivity contribution in [3.8, 4) is 11.1 Å². The first-order valence-electron chi connectivity index (χ1n) is 4.45. The van der Waals surface area contributed by atoms with Crippen molar-refractivity contribution in [2.45, 2.75) is 0 Å². The average Bonchev–Trinajstić information content (AvgIpc) is 2.21. The molecule has 0 atom stereocenters. The molecule has 0 bridgehead atoms. The predicted octanol–water partition coefficient (Wildman–Crippen LogP) is 4.99. The van der Waals surface area contributed by atoms with Crippen molar-refractivity contribution < 1.29 is 8.78 Å². The van der Waals surface area contributed by atoms with E-state index in [9.17, 15) is 8.78 Å². The second-order valence-electron chi connectivity index (χ2n) is 3.24. The van der Waals surface area contributed by atoms with Crippen LogP contribution in [-0.4, -0.2) is 4.98 Å². The summed E-state index contributed by atoms with van der Waals surface area (Å²) in [6.45, 7) is 0. The summed E-state index contributed by atoms with van der Waals surface area (Å²) in [5, 5.41) is 0.230. The van der Waals surface area contributed by atoms with Crippen molar-refractivity contribution in [3.63, 3.8) is 0 Å². The third-order valence-electron chi connectivity index (χ3n) is 2.08. The maximum absolute atomic E-state index is 13.5. The Labute approximate surface area is 111 Å². The number of nitrogens with zero attached hydrogens (tertiary/aromatic N) is 1. The van der Waals surface area contributed by atoms with Gasteiger partial charge in [0.1, 0.15) is 5.82 Å². The fourth-order valence-corrected chi connectivity index (χ4v) is 2.22. The van der Waals surface area contributed by atoms with E-state index in [2.05, 4.69) is 4.98 Å². The maximum atomic E-state index is 13.5. The zero-order chi connectivity index (χ0) is 12.6. The van der Waals surface area contributed by atoms with Crippen LogP contribution in [0.4, 0.5) is 8.78 Å². The van der Waals surface area contributed by atoms with E-state index in [0.717, 1.165) is 18.3 Å². The van der Waals surface area contributed by atoms with Crippen LogP contribution < -0.4 is 0 Å². The molecule has 17 heavy (non-hydrogen) atoms. The van der Waals surface area contributed by atoms with Gasteiger partial charge in [-0.1, -0.05) is 34.8 Å². The standard InChI is InChI=1S/C11H4Cl3F2N/c12-5-1-7(11(16)17-4-5)10-8(13)2-6(15)3-9(10)14/h1-4H. The summed E-state index contributed by atoms with van der Waals surface area (Å²) in [5.41, 5.74) is 0.203. The molecule has 0 saturated carbocycles. The van der Waals surface area contributed by atoms with E-state index in [4.69, 9.17) is 34.8 Å². The molecule has 0 saturated heterocycles. The quantitative estimate of drug-likeness (QED) is 0.675. The molecule has 1 aromatic carbocycles. The number of halogens is 5. The van der Waals surface area contributed by atoms with Crippen LogP contribution in [0.15, 0.2) is 24.4 Å². The van der Waals surface area contributed by atoms with Crippen LogP contribution in [-0.2, 0) is 0 Å². The zero-order valence-electron chi connectivity index (χ0n) is 8.15. The SMILES string of the molecule is Fc1cc(Cl)c(-c2cc(Cl)cnc2F)c(Cl)c1. The molecule has 0 amide bonds. The Morgan fingerprint density at radius 2 is 1.53 bits per heavy atom. The third-order valence-corrected chi connectivity index (χ3v) is 2.88. The average molecular weight is 295 g/mol. The molecular formula is C11H4Cl3F2N. The maximum Gasteiger partial charge on any atom is 0.220 e. The number of rotatable bonds is 1. The summed E-state index contributed by atoms with van der Waals surface area (Å²) in [6.07, 6.45) is 1.16. The normalized spacial score (nSPS) is 10.6. The second-order valence-corrected chi connectivity index (χ2v) is 4.49. The molecule has 1 nitrogen and oxygen atoms in total. The van der Waals surface area contributed by atoms with Crippen molar-refractivity contribution in [2.24, 2.45) is 0 Å². The minimum Gasteiger partial charge on any atom is -0.226 e. The van der Waals surface area contributed by atoms with Gasteiger partial charge in [-0.2, -0.15) is 4.39 Å². The van der Waals surface area contributed by atoms with E-state index in [1.54, 1.807) is 0 Å². The molecule has 0 aliphatic rings. The Morgan fingerprint density at radius 3 is 2.12 bits per heavy atom. The largest absolute Gasteiger partial charge is 0.226 e. The van der Waals surface area contributed by atoms with Gasteiger partial charge in [-0.25, -0.2) is 9.37 Å². The summed E-state index contributed by atoms with van der Waals surface area (Å²) in [4.78, 5) is 3.45. The molecule has 0 unspecified atom stereocenters. The lowest BCUT2D eigenvalue weighted by Crippen LogP contribution is -1.91. The lowest BCUT2D eigenvalue weighted by atomic mass is 10.1. The van der Waals surface area contributed by atoms with Crippen LogP contribution >= 0.6 is 34.8 Å². The first-order chi connectivity index (χ1) is 7.99. The molecule has 6 heteroatoms. The minimum atomic E-state index is -0.773. The zero-order valence-corrected chi connectivity index (χ0v) is 10.4. The van der Waals surface area contributed by atoms with E-state index in [1.807, 2.05) is 0 Å². The van der Waals surface area contributed by atoms with E-state index >= 15 is 0 Å². The van der Waals surface area contributed by atoms with Gasteiger partial charge in [0.15, 0.2) is 0 Å². The highest BCUT2D eigenvalue weighted by atomic mass is 35.5. The molecule has 0 N–H and O–H groups in total. The van der Waals surface area contributed by atoms with Gasteiger partial charge < -0.3 is 0 Å². The number of hydrogen-bond acceptors (Lipinski definition) is 1. The van der Waals surface area contributed by atoms with Gasteiger partial charge >= 0.3 is 0 Å². The highest BCUT2D eigenvalue weighted by molar-refractivity contribution is 6.39. The molecule has 0 fully saturated rings. The smallest absolute Gasteiger partial charge is 0.220 e. The fraction of sp³-hybridized carbons (Fsp3) is 0. The highest BCUT2D eigenvalue weighted by Crippen LogP contribution is 2.37. The van der Waals surface area contributed by atoms with E-state index < -0.39 is 11.8 Å². The summed E-state index contributed by atoms with van der Waals surface area (Å²) >= 11 is 17.4. The van der Waals surface area contributed by atoms with Gasteiger partial charge in [-0.05, 0) is 18.2 Å². The number of pyridine rings is 1. The van der Waals surface area contributed by atoms with Gasteiger partial charge in [0.05, 0.1) is 15.1 Å². The Bertz CT molecular complexity index is 564. The Morgan fingerprint density at radius 1 is 0.941 bits per heavy atom. The number of aromatic nitrogens is 1. The number of hydrogen-bond donors (Lipinski definition) is 0. The van der Waals surface area contributed by atoms with Crippen LogP contribution in [0.1, 0.15) is 0 Å². The third kappa shape index (κ3) is 2.51. The van der Waals surface area contributed by atoms with Crippen LogP contribution in [0, 0.1) is 11.8 Å². The molecule has 0 spiro atoms. The van der Waals surface area contributed by atoms with Crippen molar-refractivity contribution in [1.82, 2.24) is 4.98 Å². The first-order valence-corrected chi connectivity index (χ1v) is 5.58. The van der Waals surface area contributed by atoms with Gasteiger partial charge in [0, 0.05) is 17.3 Å². The Hall–Kier alpha value is -0.900. The summed E-state index contributed by atoms with van der Waals surface area (Å²) < 4.78 is 26.5. The molecule has 2 rings (SSSR count). The topological polar surface area (TPSA) is 12.9 Å². The summed E-state index contributed by atoms with van der Waals surface area (Å²) in [7, 11) is 0. The van der Waals surface area contributed by atoms with Crippen molar-refractivity contribution >= 4 is 34.8 Å². The molecule has 88 valence electrons. The van der Waals surface area contributed by atoms with Gasteiger partial charge in [0.2, 0.25) is 5.95 Å². The minimum absolute atomic E-state index is 0.00188. The highest BCUT2D eigenvalue weighted by Gasteiger charge is 2.15. The van der Waals surface area contributed by atoms with Gasteiger partial charge in [-0.15, -0.1) is 0 Å². The van der Waals surface area contributed by atoms with Crippen LogP contribution in [0.5, 0.6) is 0 Å². The number of benzene rings is 1. The van der Waals surface area contributed by atoms with Crippen LogP contribution in [0.3, 0.4) is 0 Å². The van der Waals surface area contributed by atoms with Crippen molar-refractivity contribution in [2.75, 3.05) is 0 Å². The fourth-order valence-electron chi connectivity index (χ4n) is 1.40. The molecule has 1 aromatic heterocycles. The summed E-state index contributed by atoms with van der Waals surface area (Å²) in [6, 6.07) is 3.42.